The third-order valence-electron chi connectivity index (χ3n) is 5.86. The fraction of sp³-hybridized carbons (Fsp3) is 0.810. The van der Waals surface area contributed by atoms with Crippen molar-refractivity contribution in [2.45, 2.75) is 52.0 Å². The molecule has 6 heteroatoms. The summed E-state index contributed by atoms with van der Waals surface area (Å²) in [5, 5.41) is 0. The molecule has 0 atom stereocenters. The van der Waals surface area contributed by atoms with Crippen LogP contribution < -0.4 is 5.56 Å². The summed E-state index contributed by atoms with van der Waals surface area (Å²) in [6.07, 6.45) is 5.22. The molecule has 1 aromatic heterocycles. The van der Waals surface area contributed by atoms with Crippen LogP contribution in [-0.2, 0) is 16.7 Å². The zero-order valence-electron chi connectivity index (χ0n) is 17.3. The minimum absolute atomic E-state index is 0.0803. The molecule has 2 saturated heterocycles. The summed E-state index contributed by atoms with van der Waals surface area (Å²) in [4.78, 5) is 22.0. The van der Waals surface area contributed by atoms with Crippen molar-refractivity contribution in [3.8, 4) is 0 Å². The number of hydrogen-bond donors (Lipinski definition) is 0. The Kier molecular flexibility index (Phi) is 7.06. The number of likely N-dealkylation sites (tertiary alicyclic amines) is 1. The van der Waals surface area contributed by atoms with Gasteiger partial charge in [0.25, 0.3) is 5.56 Å². The number of aromatic nitrogens is 2. The minimum atomic E-state index is -0.0803. The van der Waals surface area contributed by atoms with Crippen LogP contribution in [0, 0.1) is 5.92 Å². The quantitative estimate of drug-likeness (QED) is 0.786. The van der Waals surface area contributed by atoms with Gasteiger partial charge in [0.2, 0.25) is 0 Å². The van der Waals surface area contributed by atoms with Crippen molar-refractivity contribution < 1.29 is 4.74 Å². The van der Waals surface area contributed by atoms with E-state index < -0.39 is 0 Å². The first-order chi connectivity index (χ1) is 12.9. The molecule has 1 aromatic rings. The van der Waals surface area contributed by atoms with Crippen LogP contribution in [0.4, 0.5) is 0 Å². The third kappa shape index (κ3) is 6.13. The highest BCUT2D eigenvalue weighted by molar-refractivity contribution is 5.10. The van der Waals surface area contributed by atoms with Crippen LogP contribution in [0.2, 0.25) is 0 Å². The number of ether oxygens (including phenoxy) is 1. The summed E-state index contributed by atoms with van der Waals surface area (Å²) in [6, 6.07) is 1.71. The molecule has 3 rings (SSSR count). The van der Waals surface area contributed by atoms with Crippen LogP contribution in [-0.4, -0.2) is 71.8 Å². The molecule has 0 unspecified atom stereocenters. The second-order valence-electron chi connectivity index (χ2n) is 9.11. The molecule has 0 N–H and O–H groups in total. The SMILES string of the molecule is CC(C)(C)c1cc(=O)n(CC2CCN(CCN3CCCOCC3)CC2)cn1. The normalized spacial score (nSPS) is 21.3. The van der Waals surface area contributed by atoms with E-state index >= 15 is 0 Å². The topological polar surface area (TPSA) is 50.6 Å². The Morgan fingerprint density at radius 3 is 2.44 bits per heavy atom. The van der Waals surface area contributed by atoms with Gasteiger partial charge in [-0.3, -0.25) is 14.3 Å². The molecular weight excluding hydrogens is 340 g/mol. The molecule has 0 saturated carbocycles. The van der Waals surface area contributed by atoms with E-state index in [1.54, 1.807) is 17.0 Å². The van der Waals surface area contributed by atoms with Crippen molar-refractivity contribution in [1.29, 1.82) is 0 Å². The summed E-state index contributed by atoms with van der Waals surface area (Å²) in [5.41, 5.74) is 0.876. The van der Waals surface area contributed by atoms with Gasteiger partial charge in [0, 0.05) is 50.8 Å². The van der Waals surface area contributed by atoms with Crippen LogP contribution in [0.1, 0.15) is 45.7 Å². The van der Waals surface area contributed by atoms with Crippen molar-refractivity contribution in [3.05, 3.63) is 28.4 Å². The van der Waals surface area contributed by atoms with Gasteiger partial charge in [0.1, 0.15) is 0 Å². The maximum atomic E-state index is 12.4. The van der Waals surface area contributed by atoms with Gasteiger partial charge < -0.3 is 9.64 Å². The summed E-state index contributed by atoms with van der Waals surface area (Å²) in [7, 11) is 0. The molecule has 0 radical (unpaired) electrons. The number of piperidine rings is 1. The Morgan fingerprint density at radius 2 is 1.78 bits per heavy atom. The molecule has 0 spiro atoms. The molecule has 152 valence electrons. The van der Waals surface area contributed by atoms with Gasteiger partial charge in [-0.25, -0.2) is 4.98 Å². The van der Waals surface area contributed by atoms with Crippen LogP contribution in [0.5, 0.6) is 0 Å². The average Bonchev–Trinajstić information content (AvgIpc) is 2.91. The summed E-state index contributed by atoms with van der Waals surface area (Å²) in [5.74, 6) is 0.577. The first kappa shape index (κ1) is 20.5. The highest BCUT2D eigenvalue weighted by Gasteiger charge is 2.22. The summed E-state index contributed by atoms with van der Waals surface area (Å²) in [6.45, 7) is 15.6. The Bertz CT molecular complexity index is 636. The Balaban J connectivity index is 1.43. The van der Waals surface area contributed by atoms with Crippen LogP contribution in [0.25, 0.3) is 0 Å². The third-order valence-corrected chi connectivity index (χ3v) is 5.86. The smallest absolute Gasteiger partial charge is 0.253 e. The maximum absolute atomic E-state index is 12.4. The molecule has 0 aliphatic carbocycles. The molecular formula is C21H36N4O2. The second-order valence-corrected chi connectivity index (χ2v) is 9.11. The van der Waals surface area contributed by atoms with Gasteiger partial charge in [-0.15, -0.1) is 0 Å². The molecule has 2 aliphatic rings. The van der Waals surface area contributed by atoms with E-state index in [2.05, 4.69) is 35.6 Å². The zero-order valence-corrected chi connectivity index (χ0v) is 17.3. The molecule has 27 heavy (non-hydrogen) atoms. The Labute approximate surface area is 163 Å². The monoisotopic (exact) mass is 376 g/mol. The van der Waals surface area contributed by atoms with E-state index in [0.29, 0.717) is 5.92 Å². The number of hydrogen-bond acceptors (Lipinski definition) is 5. The minimum Gasteiger partial charge on any atom is -0.380 e. The summed E-state index contributed by atoms with van der Waals surface area (Å²) < 4.78 is 7.33. The van der Waals surface area contributed by atoms with Gasteiger partial charge in [-0.05, 0) is 38.3 Å². The van der Waals surface area contributed by atoms with Gasteiger partial charge in [-0.1, -0.05) is 20.8 Å². The van der Waals surface area contributed by atoms with E-state index in [1.807, 2.05) is 0 Å². The van der Waals surface area contributed by atoms with Gasteiger partial charge >= 0.3 is 0 Å². The van der Waals surface area contributed by atoms with Gasteiger partial charge in [0.15, 0.2) is 0 Å². The van der Waals surface area contributed by atoms with E-state index in [0.717, 1.165) is 84.0 Å². The molecule has 3 heterocycles. The van der Waals surface area contributed by atoms with Crippen LogP contribution in [0.3, 0.4) is 0 Å². The molecule has 6 nitrogen and oxygen atoms in total. The molecule has 0 bridgehead atoms. The van der Waals surface area contributed by atoms with Crippen molar-refractivity contribution in [1.82, 2.24) is 19.4 Å². The predicted octanol–water partition coefficient (Wildman–Crippen LogP) is 1.98. The van der Waals surface area contributed by atoms with Crippen LogP contribution >= 0.6 is 0 Å². The second kappa shape index (κ2) is 9.30. The lowest BCUT2D eigenvalue weighted by atomic mass is 9.92. The lowest BCUT2D eigenvalue weighted by Gasteiger charge is -2.33. The van der Waals surface area contributed by atoms with Crippen molar-refractivity contribution in [2.24, 2.45) is 5.92 Å². The zero-order chi connectivity index (χ0) is 19.3. The van der Waals surface area contributed by atoms with E-state index in [1.165, 1.54) is 0 Å². The highest BCUT2D eigenvalue weighted by atomic mass is 16.5. The first-order valence-electron chi connectivity index (χ1n) is 10.5. The first-order valence-corrected chi connectivity index (χ1v) is 10.5. The average molecular weight is 377 g/mol. The highest BCUT2D eigenvalue weighted by Crippen LogP contribution is 2.20. The number of nitrogens with zero attached hydrogens (tertiary/aromatic N) is 4. The molecule has 0 amide bonds. The van der Waals surface area contributed by atoms with Crippen LogP contribution in [0.15, 0.2) is 17.2 Å². The fourth-order valence-electron chi connectivity index (χ4n) is 3.95. The largest absolute Gasteiger partial charge is 0.380 e. The van der Waals surface area contributed by atoms with E-state index in [-0.39, 0.29) is 11.0 Å². The predicted molar refractivity (Wildman–Crippen MR) is 108 cm³/mol. The standard InChI is InChI=1S/C21H36N4O2/c1-21(2,3)19-15-20(26)25(17-22-19)16-18-5-8-24(9-6-18)11-10-23-7-4-13-27-14-12-23/h15,17-18H,4-14,16H2,1-3H3. The van der Waals surface area contributed by atoms with E-state index in [9.17, 15) is 4.79 Å². The lowest BCUT2D eigenvalue weighted by molar-refractivity contribution is 0.129. The van der Waals surface area contributed by atoms with E-state index in [4.69, 9.17) is 4.74 Å². The van der Waals surface area contributed by atoms with Gasteiger partial charge in [0.05, 0.1) is 18.6 Å². The fourth-order valence-corrected chi connectivity index (χ4v) is 3.95. The Hall–Kier alpha value is -1.24. The Morgan fingerprint density at radius 1 is 1.07 bits per heavy atom. The van der Waals surface area contributed by atoms with Crippen molar-refractivity contribution in [2.75, 3.05) is 52.5 Å². The lowest BCUT2D eigenvalue weighted by Crippen LogP contribution is -2.41. The van der Waals surface area contributed by atoms with Crippen molar-refractivity contribution in [3.63, 3.8) is 0 Å². The maximum Gasteiger partial charge on any atom is 0.253 e. The molecule has 2 fully saturated rings. The van der Waals surface area contributed by atoms with Gasteiger partial charge in [-0.2, -0.15) is 0 Å². The molecule has 0 aromatic carbocycles. The number of rotatable bonds is 5. The van der Waals surface area contributed by atoms with Crippen molar-refractivity contribution >= 4 is 0 Å². The summed E-state index contributed by atoms with van der Waals surface area (Å²) >= 11 is 0. The molecule has 2 aliphatic heterocycles.